The lowest BCUT2D eigenvalue weighted by Crippen LogP contribution is -2.30. The van der Waals surface area contributed by atoms with E-state index in [9.17, 15) is 13.2 Å². The van der Waals surface area contributed by atoms with Crippen LogP contribution in [0.3, 0.4) is 0 Å². The zero-order chi connectivity index (χ0) is 17.0. The third-order valence-electron chi connectivity index (χ3n) is 3.24. The van der Waals surface area contributed by atoms with Crippen LogP contribution in [0.4, 0.5) is 5.69 Å². The number of hydrogen-bond acceptors (Lipinski definition) is 4. The molecular weight excluding hydrogens is 356 g/mol. The summed E-state index contributed by atoms with van der Waals surface area (Å²) in [6, 6.07) is 8.11. The Labute approximate surface area is 144 Å². The lowest BCUT2D eigenvalue weighted by Gasteiger charge is -2.17. The predicted molar refractivity (Wildman–Crippen MR) is 93.8 cm³/mol. The Bertz CT molecular complexity index is 781. The number of thiophene rings is 1. The van der Waals surface area contributed by atoms with Crippen molar-refractivity contribution in [2.24, 2.45) is 0 Å². The molecule has 0 atom stereocenters. The van der Waals surface area contributed by atoms with E-state index in [0.29, 0.717) is 28.7 Å². The van der Waals surface area contributed by atoms with Gasteiger partial charge in [0.05, 0.1) is 9.77 Å². The highest BCUT2D eigenvalue weighted by atomic mass is 35.5. The Morgan fingerprint density at radius 2 is 1.83 bits per heavy atom. The average Bonchev–Trinajstić information content (AvgIpc) is 3.01. The molecule has 0 fully saturated rings. The molecule has 0 bridgehead atoms. The van der Waals surface area contributed by atoms with E-state index in [0.717, 1.165) is 11.3 Å². The van der Waals surface area contributed by atoms with E-state index in [4.69, 9.17) is 11.6 Å². The molecule has 0 spiro atoms. The summed E-state index contributed by atoms with van der Waals surface area (Å²) in [5.74, 6) is -0.349. The lowest BCUT2D eigenvalue weighted by molar-refractivity contribution is 0.103. The summed E-state index contributed by atoms with van der Waals surface area (Å²) in [5.41, 5.74) is 0.598. The molecule has 0 unspecified atom stereocenters. The van der Waals surface area contributed by atoms with Gasteiger partial charge in [0, 0.05) is 29.2 Å². The predicted octanol–water partition coefficient (Wildman–Crippen LogP) is 3.68. The molecule has 0 aliphatic carbocycles. The molecule has 0 saturated carbocycles. The SMILES string of the molecule is CCN(CC)S(=O)(=O)c1csc(C(=O)Nc2ccc(Cl)cc2)c1. The summed E-state index contributed by atoms with van der Waals surface area (Å²) in [6.07, 6.45) is 0. The summed E-state index contributed by atoms with van der Waals surface area (Å²) >= 11 is 6.90. The van der Waals surface area contributed by atoms with Gasteiger partial charge < -0.3 is 5.32 Å². The van der Waals surface area contributed by atoms with E-state index in [1.54, 1.807) is 38.1 Å². The van der Waals surface area contributed by atoms with Gasteiger partial charge in [0.2, 0.25) is 10.0 Å². The molecule has 124 valence electrons. The first-order valence-electron chi connectivity index (χ1n) is 7.04. The molecule has 2 aromatic rings. The van der Waals surface area contributed by atoms with E-state index in [-0.39, 0.29) is 10.8 Å². The molecule has 0 aliphatic heterocycles. The molecule has 2 rings (SSSR count). The van der Waals surface area contributed by atoms with Crippen molar-refractivity contribution in [2.75, 3.05) is 18.4 Å². The molecule has 0 radical (unpaired) electrons. The Hall–Kier alpha value is -1.41. The smallest absolute Gasteiger partial charge is 0.265 e. The lowest BCUT2D eigenvalue weighted by atomic mass is 10.3. The fraction of sp³-hybridized carbons (Fsp3) is 0.267. The molecule has 0 aliphatic rings. The Balaban J connectivity index is 2.18. The number of carbonyl (C=O) groups excluding carboxylic acids is 1. The quantitative estimate of drug-likeness (QED) is 0.840. The molecule has 5 nitrogen and oxygen atoms in total. The van der Waals surface area contributed by atoms with Crippen molar-refractivity contribution in [3.8, 4) is 0 Å². The number of rotatable bonds is 6. The molecule has 1 heterocycles. The zero-order valence-corrected chi connectivity index (χ0v) is 15.1. The number of halogens is 1. The van der Waals surface area contributed by atoms with Gasteiger partial charge >= 0.3 is 0 Å². The number of sulfonamides is 1. The zero-order valence-electron chi connectivity index (χ0n) is 12.7. The molecule has 1 aromatic carbocycles. The second kappa shape index (κ2) is 7.44. The van der Waals surface area contributed by atoms with Crippen molar-refractivity contribution in [1.29, 1.82) is 0 Å². The van der Waals surface area contributed by atoms with E-state index >= 15 is 0 Å². The van der Waals surface area contributed by atoms with Gasteiger partial charge in [-0.05, 0) is 30.3 Å². The number of nitrogens with one attached hydrogen (secondary N) is 1. The third kappa shape index (κ3) is 4.11. The number of carbonyl (C=O) groups is 1. The summed E-state index contributed by atoms with van der Waals surface area (Å²) < 4.78 is 26.2. The highest BCUT2D eigenvalue weighted by molar-refractivity contribution is 7.89. The Morgan fingerprint density at radius 3 is 2.39 bits per heavy atom. The second-order valence-electron chi connectivity index (χ2n) is 4.70. The number of nitrogens with zero attached hydrogens (tertiary/aromatic N) is 1. The second-order valence-corrected chi connectivity index (χ2v) is 7.98. The molecule has 0 saturated heterocycles. The van der Waals surface area contributed by atoms with Gasteiger partial charge in [-0.15, -0.1) is 11.3 Å². The number of anilines is 1. The van der Waals surface area contributed by atoms with Crippen molar-refractivity contribution in [1.82, 2.24) is 4.31 Å². The fourth-order valence-corrected chi connectivity index (χ4v) is 4.75. The normalized spacial score (nSPS) is 11.7. The van der Waals surface area contributed by atoms with Crippen molar-refractivity contribution in [3.63, 3.8) is 0 Å². The first-order valence-corrected chi connectivity index (χ1v) is 9.73. The summed E-state index contributed by atoms with van der Waals surface area (Å²) in [5, 5.41) is 4.78. The maximum atomic E-state index is 12.4. The van der Waals surface area contributed by atoms with Crippen LogP contribution in [0.15, 0.2) is 40.6 Å². The molecular formula is C15H17ClN2O3S2. The summed E-state index contributed by atoms with van der Waals surface area (Å²) in [4.78, 5) is 12.7. The minimum atomic E-state index is -3.55. The summed E-state index contributed by atoms with van der Waals surface area (Å²) in [6.45, 7) is 4.34. The first kappa shape index (κ1) is 17.9. The van der Waals surface area contributed by atoms with E-state index in [2.05, 4.69) is 5.32 Å². The molecule has 1 N–H and O–H groups in total. The highest BCUT2D eigenvalue weighted by Crippen LogP contribution is 2.24. The van der Waals surface area contributed by atoms with Gasteiger partial charge in [0.25, 0.3) is 5.91 Å². The standard InChI is InChI=1S/C15H17ClN2O3S2/c1-3-18(4-2)23(20,21)13-9-14(22-10-13)15(19)17-12-7-5-11(16)6-8-12/h5-10H,3-4H2,1-2H3,(H,17,19). The molecule has 8 heteroatoms. The molecule has 23 heavy (non-hydrogen) atoms. The monoisotopic (exact) mass is 372 g/mol. The Morgan fingerprint density at radius 1 is 1.22 bits per heavy atom. The minimum Gasteiger partial charge on any atom is -0.321 e. The van der Waals surface area contributed by atoms with E-state index in [1.807, 2.05) is 0 Å². The van der Waals surface area contributed by atoms with Crippen LogP contribution in [0.25, 0.3) is 0 Å². The van der Waals surface area contributed by atoms with Gasteiger partial charge in [0.15, 0.2) is 0 Å². The van der Waals surface area contributed by atoms with Crippen LogP contribution in [0.1, 0.15) is 23.5 Å². The number of amides is 1. The van der Waals surface area contributed by atoms with Crippen molar-refractivity contribution in [2.45, 2.75) is 18.7 Å². The van der Waals surface area contributed by atoms with Crippen LogP contribution < -0.4 is 5.32 Å². The molecule has 1 amide bonds. The van der Waals surface area contributed by atoms with Crippen LogP contribution in [0.2, 0.25) is 5.02 Å². The van der Waals surface area contributed by atoms with Crippen LogP contribution in [0.5, 0.6) is 0 Å². The topological polar surface area (TPSA) is 66.5 Å². The van der Waals surface area contributed by atoms with Crippen LogP contribution in [-0.4, -0.2) is 31.7 Å². The van der Waals surface area contributed by atoms with Crippen LogP contribution >= 0.6 is 22.9 Å². The van der Waals surface area contributed by atoms with Gasteiger partial charge in [-0.1, -0.05) is 25.4 Å². The van der Waals surface area contributed by atoms with Crippen LogP contribution in [0, 0.1) is 0 Å². The first-order chi connectivity index (χ1) is 10.9. The maximum Gasteiger partial charge on any atom is 0.265 e. The van der Waals surface area contributed by atoms with Crippen molar-refractivity contribution < 1.29 is 13.2 Å². The van der Waals surface area contributed by atoms with Gasteiger partial charge in [-0.25, -0.2) is 8.42 Å². The van der Waals surface area contributed by atoms with Crippen molar-refractivity contribution in [3.05, 3.63) is 45.6 Å². The fourth-order valence-electron chi connectivity index (χ4n) is 2.01. The average molecular weight is 373 g/mol. The van der Waals surface area contributed by atoms with E-state index in [1.165, 1.54) is 15.8 Å². The van der Waals surface area contributed by atoms with Crippen molar-refractivity contribution >= 4 is 44.6 Å². The van der Waals surface area contributed by atoms with Gasteiger partial charge in [0.1, 0.15) is 0 Å². The maximum absolute atomic E-state index is 12.4. The molecule has 1 aromatic heterocycles. The largest absolute Gasteiger partial charge is 0.321 e. The number of benzene rings is 1. The minimum absolute atomic E-state index is 0.146. The van der Waals surface area contributed by atoms with Crippen LogP contribution in [-0.2, 0) is 10.0 Å². The van der Waals surface area contributed by atoms with E-state index < -0.39 is 10.0 Å². The highest BCUT2D eigenvalue weighted by Gasteiger charge is 2.24. The number of hydrogen-bond donors (Lipinski definition) is 1. The van der Waals surface area contributed by atoms with Gasteiger partial charge in [-0.2, -0.15) is 4.31 Å². The summed E-state index contributed by atoms with van der Waals surface area (Å²) in [7, 11) is -3.55. The third-order valence-corrected chi connectivity index (χ3v) is 6.60. The Kier molecular flexibility index (Phi) is 5.80. The van der Waals surface area contributed by atoms with Gasteiger partial charge in [-0.3, -0.25) is 4.79 Å².